The number of carbonyl (C=O) groups excluding carboxylic acids is 2. The predicted octanol–water partition coefficient (Wildman–Crippen LogP) is 2.06. The third-order valence-electron chi connectivity index (χ3n) is 3.64. The SMILES string of the molecule is CCc1ccc(OCC(=O)N(CCCOC)CCC(=O)OC)cc1. The van der Waals surface area contributed by atoms with Gasteiger partial charge in [-0.25, -0.2) is 0 Å². The maximum absolute atomic E-state index is 12.3. The van der Waals surface area contributed by atoms with Crippen molar-refractivity contribution in [1.82, 2.24) is 4.90 Å². The molecule has 0 aromatic heterocycles. The molecule has 1 rings (SSSR count). The molecule has 0 atom stereocenters. The van der Waals surface area contributed by atoms with Crippen molar-refractivity contribution in [2.24, 2.45) is 0 Å². The third kappa shape index (κ3) is 7.46. The lowest BCUT2D eigenvalue weighted by atomic mass is 10.2. The highest BCUT2D eigenvalue weighted by molar-refractivity contribution is 5.78. The van der Waals surface area contributed by atoms with Gasteiger partial charge in [0.05, 0.1) is 13.5 Å². The maximum Gasteiger partial charge on any atom is 0.307 e. The standard InChI is InChI=1S/C18H27NO5/c1-4-15-6-8-16(9-7-15)24-14-17(20)19(11-5-13-22-2)12-10-18(21)23-3/h6-9H,4-5,10-14H2,1-3H3. The minimum Gasteiger partial charge on any atom is -0.484 e. The van der Waals surface area contributed by atoms with Crippen LogP contribution in [0.25, 0.3) is 0 Å². The van der Waals surface area contributed by atoms with Gasteiger partial charge in [0.2, 0.25) is 0 Å². The smallest absolute Gasteiger partial charge is 0.307 e. The number of carbonyl (C=O) groups is 2. The number of esters is 1. The van der Waals surface area contributed by atoms with Gasteiger partial charge in [0, 0.05) is 26.8 Å². The Labute approximate surface area is 143 Å². The van der Waals surface area contributed by atoms with E-state index in [-0.39, 0.29) is 24.9 Å². The summed E-state index contributed by atoms with van der Waals surface area (Å²) in [5, 5.41) is 0. The van der Waals surface area contributed by atoms with E-state index >= 15 is 0 Å². The minimum absolute atomic E-state index is 0.0559. The van der Waals surface area contributed by atoms with Crippen molar-refractivity contribution in [2.75, 3.05) is 40.5 Å². The molecule has 0 saturated carbocycles. The normalized spacial score (nSPS) is 10.3. The molecule has 0 aliphatic rings. The topological polar surface area (TPSA) is 65.1 Å². The van der Waals surface area contributed by atoms with Gasteiger partial charge < -0.3 is 19.1 Å². The van der Waals surface area contributed by atoms with E-state index in [1.807, 2.05) is 24.3 Å². The van der Waals surface area contributed by atoms with E-state index in [0.717, 1.165) is 6.42 Å². The molecule has 0 saturated heterocycles. The Morgan fingerprint density at radius 1 is 1.08 bits per heavy atom. The molecule has 0 radical (unpaired) electrons. The predicted molar refractivity (Wildman–Crippen MR) is 91.0 cm³/mol. The third-order valence-corrected chi connectivity index (χ3v) is 3.64. The van der Waals surface area contributed by atoms with Crippen molar-refractivity contribution < 1.29 is 23.8 Å². The van der Waals surface area contributed by atoms with Crippen molar-refractivity contribution in [3.63, 3.8) is 0 Å². The number of hydrogen-bond donors (Lipinski definition) is 0. The van der Waals surface area contributed by atoms with E-state index in [1.165, 1.54) is 12.7 Å². The minimum atomic E-state index is -0.337. The van der Waals surface area contributed by atoms with Crippen LogP contribution in [0.5, 0.6) is 5.75 Å². The first-order chi connectivity index (χ1) is 11.6. The van der Waals surface area contributed by atoms with Crippen molar-refractivity contribution in [1.29, 1.82) is 0 Å². The van der Waals surface area contributed by atoms with Crippen LogP contribution in [-0.2, 0) is 25.5 Å². The fraction of sp³-hybridized carbons (Fsp3) is 0.556. The number of rotatable bonds is 11. The van der Waals surface area contributed by atoms with Gasteiger partial charge in [-0.15, -0.1) is 0 Å². The molecule has 0 heterocycles. The summed E-state index contributed by atoms with van der Waals surface area (Å²) in [7, 11) is 2.95. The maximum atomic E-state index is 12.3. The number of nitrogens with zero attached hydrogens (tertiary/aromatic N) is 1. The Kier molecular flexibility index (Phi) is 9.53. The number of benzene rings is 1. The fourth-order valence-corrected chi connectivity index (χ4v) is 2.15. The zero-order chi connectivity index (χ0) is 17.8. The summed E-state index contributed by atoms with van der Waals surface area (Å²) in [5.74, 6) is 0.163. The lowest BCUT2D eigenvalue weighted by Crippen LogP contribution is -2.37. The van der Waals surface area contributed by atoms with Crippen molar-refractivity contribution in [2.45, 2.75) is 26.2 Å². The van der Waals surface area contributed by atoms with Gasteiger partial charge in [-0.2, -0.15) is 0 Å². The fourth-order valence-electron chi connectivity index (χ4n) is 2.15. The molecular weight excluding hydrogens is 310 g/mol. The van der Waals surface area contributed by atoms with Gasteiger partial charge in [-0.1, -0.05) is 19.1 Å². The molecule has 0 fully saturated rings. The molecular formula is C18H27NO5. The first-order valence-corrected chi connectivity index (χ1v) is 8.16. The van der Waals surface area contributed by atoms with E-state index in [0.29, 0.717) is 31.9 Å². The van der Waals surface area contributed by atoms with Crippen molar-refractivity contribution in [3.8, 4) is 5.75 Å². The molecule has 24 heavy (non-hydrogen) atoms. The van der Waals surface area contributed by atoms with E-state index in [4.69, 9.17) is 9.47 Å². The average molecular weight is 337 g/mol. The number of methoxy groups -OCH3 is 2. The molecule has 0 spiro atoms. The molecule has 134 valence electrons. The molecule has 1 amide bonds. The van der Waals surface area contributed by atoms with Gasteiger partial charge in [0.25, 0.3) is 5.91 Å². The lowest BCUT2D eigenvalue weighted by molar-refractivity contribution is -0.142. The molecule has 1 aromatic rings. The van der Waals surface area contributed by atoms with Crippen LogP contribution in [0.15, 0.2) is 24.3 Å². The van der Waals surface area contributed by atoms with Gasteiger partial charge >= 0.3 is 5.97 Å². The summed E-state index contributed by atoms with van der Waals surface area (Å²) in [6.45, 7) is 3.41. The quantitative estimate of drug-likeness (QED) is 0.457. The van der Waals surface area contributed by atoms with Gasteiger partial charge in [0.1, 0.15) is 5.75 Å². The molecule has 0 aliphatic heterocycles. The number of hydrogen-bond acceptors (Lipinski definition) is 5. The Bertz CT molecular complexity index is 501. The van der Waals surface area contributed by atoms with E-state index < -0.39 is 0 Å². The van der Waals surface area contributed by atoms with Gasteiger partial charge in [-0.3, -0.25) is 9.59 Å². The number of ether oxygens (including phenoxy) is 3. The lowest BCUT2D eigenvalue weighted by Gasteiger charge is -2.22. The van der Waals surface area contributed by atoms with Crippen LogP contribution in [0, 0.1) is 0 Å². The van der Waals surface area contributed by atoms with Crippen LogP contribution in [0.4, 0.5) is 0 Å². The summed E-state index contributed by atoms with van der Waals surface area (Å²) in [4.78, 5) is 25.2. The first-order valence-electron chi connectivity index (χ1n) is 8.16. The van der Waals surface area contributed by atoms with E-state index in [1.54, 1.807) is 12.0 Å². The largest absolute Gasteiger partial charge is 0.484 e. The number of amides is 1. The second-order valence-electron chi connectivity index (χ2n) is 5.34. The highest BCUT2D eigenvalue weighted by atomic mass is 16.5. The van der Waals surface area contributed by atoms with Crippen LogP contribution in [0.1, 0.15) is 25.3 Å². The summed E-state index contributed by atoms with van der Waals surface area (Å²) >= 11 is 0. The summed E-state index contributed by atoms with van der Waals surface area (Å²) in [5.41, 5.74) is 1.22. The van der Waals surface area contributed by atoms with E-state index in [9.17, 15) is 9.59 Å². The van der Waals surface area contributed by atoms with Crippen LogP contribution in [0.2, 0.25) is 0 Å². The Morgan fingerprint density at radius 3 is 2.38 bits per heavy atom. The first kappa shape index (κ1) is 20.0. The number of aryl methyl sites for hydroxylation is 1. The van der Waals surface area contributed by atoms with Crippen LogP contribution < -0.4 is 4.74 Å². The van der Waals surface area contributed by atoms with Crippen LogP contribution in [-0.4, -0.2) is 57.3 Å². The highest BCUT2D eigenvalue weighted by Crippen LogP contribution is 2.12. The zero-order valence-corrected chi connectivity index (χ0v) is 14.7. The molecule has 0 bridgehead atoms. The zero-order valence-electron chi connectivity index (χ0n) is 14.7. The van der Waals surface area contributed by atoms with Crippen LogP contribution in [0.3, 0.4) is 0 Å². The summed E-state index contributed by atoms with van der Waals surface area (Å²) in [6, 6.07) is 7.67. The van der Waals surface area contributed by atoms with Gasteiger partial charge in [-0.05, 0) is 30.5 Å². The Hall–Kier alpha value is -2.08. The summed E-state index contributed by atoms with van der Waals surface area (Å²) in [6.07, 6.45) is 1.83. The molecule has 0 aliphatic carbocycles. The van der Waals surface area contributed by atoms with Crippen molar-refractivity contribution >= 4 is 11.9 Å². The molecule has 0 N–H and O–H groups in total. The average Bonchev–Trinajstić information content (AvgIpc) is 2.62. The second-order valence-corrected chi connectivity index (χ2v) is 5.34. The molecule has 1 aromatic carbocycles. The Morgan fingerprint density at radius 2 is 1.79 bits per heavy atom. The molecule has 6 heteroatoms. The monoisotopic (exact) mass is 337 g/mol. The van der Waals surface area contributed by atoms with Crippen LogP contribution >= 0.6 is 0 Å². The molecule has 0 unspecified atom stereocenters. The second kappa shape index (κ2) is 11.5. The Balaban J connectivity index is 2.52. The van der Waals surface area contributed by atoms with E-state index in [2.05, 4.69) is 11.7 Å². The highest BCUT2D eigenvalue weighted by Gasteiger charge is 2.15. The summed E-state index contributed by atoms with van der Waals surface area (Å²) < 4.78 is 15.2. The van der Waals surface area contributed by atoms with Crippen molar-refractivity contribution in [3.05, 3.63) is 29.8 Å². The van der Waals surface area contributed by atoms with Gasteiger partial charge in [0.15, 0.2) is 6.61 Å². The molecule has 6 nitrogen and oxygen atoms in total.